The summed E-state index contributed by atoms with van der Waals surface area (Å²) in [6.07, 6.45) is -0.842. The van der Waals surface area contributed by atoms with Crippen molar-refractivity contribution in [3.8, 4) is 0 Å². The van der Waals surface area contributed by atoms with E-state index in [1.807, 2.05) is 0 Å². The number of nitrogens with two attached hydrogens (primary N) is 1. The largest absolute Gasteiger partial charge is 0.480 e. The van der Waals surface area contributed by atoms with E-state index >= 15 is 0 Å². The molecule has 0 heterocycles. The molecule has 0 amide bonds. The van der Waals surface area contributed by atoms with Crippen LogP contribution < -0.4 is 11.1 Å². The molecule has 0 rings (SSSR count). The second-order valence-electron chi connectivity index (χ2n) is 3.58. The van der Waals surface area contributed by atoms with E-state index in [0.717, 1.165) is 0 Å². The van der Waals surface area contributed by atoms with Gasteiger partial charge >= 0.3 is 13.6 Å². The van der Waals surface area contributed by atoms with Gasteiger partial charge in [-0.3, -0.25) is 14.8 Å². The number of hydroxylamine groups is 2. The van der Waals surface area contributed by atoms with Crippen LogP contribution in [0, 0.1) is 5.41 Å². The lowest BCUT2D eigenvalue weighted by atomic mass is 10.1. The van der Waals surface area contributed by atoms with Gasteiger partial charge in [0.25, 0.3) is 0 Å². The minimum absolute atomic E-state index is 0.0495. The highest BCUT2D eigenvalue weighted by Crippen LogP contribution is 2.35. The van der Waals surface area contributed by atoms with Crippen LogP contribution in [0.3, 0.4) is 0 Å². The summed E-state index contributed by atoms with van der Waals surface area (Å²) < 4.78 is 10.6. The number of carboxylic acids is 1. The van der Waals surface area contributed by atoms with Crippen LogP contribution >= 0.6 is 7.60 Å². The van der Waals surface area contributed by atoms with Gasteiger partial charge in [0, 0.05) is 6.54 Å². The monoisotopic (exact) mass is 284 g/mol. The van der Waals surface area contributed by atoms with Crippen molar-refractivity contribution in [2.24, 2.45) is 5.73 Å². The summed E-state index contributed by atoms with van der Waals surface area (Å²) in [5, 5.41) is 27.5. The highest BCUT2D eigenvalue weighted by atomic mass is 31.2. The molecule has 0 radical (unpaired) electrons. The molecule has 0 saturated heterocycles. The summed E-state index contributed by atoms with van der Waals surface area (Å²) in [6.45, 7) is 0.225. The number of aliphatic carboxylic acids is 1. The molecule has 0 aliphatic rings. The minimum Gasteiger partial charge on any atom is -0.480 e. The molecule has 1 atom stereocenters. The average Bonchev–Trinajstić information content (AvgIpc) is 2.12. The summed E-state index contributed by atoms with van der Waals surface area (Å²) in [6, 6.07) is -1.42. The summed E-state index contributed by atoms with van der Waals surface area (Å²) in [5.41, 5.74) is 5.01. The second kappa shape index (κ2) is 7.29. The molecule has 106 valence electrons. The Morgan fingerprint density at radius 2 is 2.06 bits per heavy atom. The van der Waals surface area contributed by atoms with Crippen molar-refractivity contribution in [3.63, 3.8) is 0 Å². The van der Waals surface area contributed by atoms with Crippen LogP contribution in [0.15, 0.2) is 0 Å². The third kappa shape index (κ3) is 7.98. The van der Waals surface area contributed by atoms with E-state index in [4.69, 9.17) is 26.0 Å². The molecule has 0 bridgehead atoms. The van der Waals surface area contributed by atoms with Gasteiger partial charge in [0.05, 0.1) is 0 Å². The maximum atomic E-state index is 10.8. The van der Waals surface area contributed by atoms with E-state index in [-0.39, 0.29) is 30.4 Å². The molecule has 10 nitrogen and oxygen atoms in total. The highest BCUT2D eigenvalue weighted by Gasteiger charge is 2.29. The fourth-order valence-corrected chi connectivity index (χ4v) is 1.78. The first-order chi connectivity index (χ1) is 8.13. The lowest BCUT2D eigenvalue weighted by molar-refractivity contribution is -0.166. The summed E-state index contributed by atoms with van der Waals surface area (Å²) in [7, 11) is -4.53. The Bertz CT molecular complexity index is 345. The van der Waals surface area contributed by atoms with Crippen molar-refractivity contribution >= 4 is 19.5 Å². The number of nitrogens with one attached hydrogen (secondary N) is 2. The van der Waals surface area contributed by atoms with Crippen LogP contribution in [-0.2, 0) is 9.36 Å². The van der Waals surface area contributed by atoms with E-state index in [0.29, 0.717) is 0 Å². The average molecular weight is 284 g/mol. The topological polar surface area (TPSA) is 180 Å². The predicted octanol–water partition coefficient (Wildman–Crippen LogP) is -1.47. The highest BCUT2D eigenvalue weighted by molar-refractivity contribution is 7.51. The number of carbonyl (C=O) groups is 1. The van der Waals surface area contributed by atoms with Gasteiger partial charge in [-0.15, -0.1) is 0 Å². The Hall–Kier alpha value is -1.19. The molecular weight excluding hydrogens is 267 g/mol. The lowest BCUT2D eigenvalue weighted by Crippen LogP contribution is -2.40. The number of hydrogen-bond acceptors (Lipinski definition) is 5. The molecule has 0 unspecified atom stereocenters. The van der Waals surface area contributed by atoms with Crippen LogP contribution in [-0.4, -0.2) is 56.0 Å². The molecule has 11 heteroatoms. The quantitative estimate of drug-likeness (QED) is 0.0919. The van der Waals surface area contributed by atoms with Crippen molar-refractivity contribution in [1.29, 1.82) is 5.41 Å². The number of guanidine groups is 1. The number of carboxylic acid groups (broad SMARTS) is 1. The lowest BCUT2D eigenvalue weighted by Gasteiger charge is -2.22. The normalized spacial score (nSPS) is 13.3. The van der Waals surface area contributed by atoms with Gasteiger partial charge in [-0.25, -0.2) is 0 Å². The van der Waals surface area contributed by atoms with E-state index in [1.165, 1.54) is 0 Å². The maximum Gasteiger partial charge on any atom is 0.341 e. The van der Waals surface area contributed by atoms with Crippen LogP contribution in [0.2, 0.25) is 0 Å². The second-order valence-corrected chi connectivity index (χ2v) is 5.19. The van der Waals surface area contributed by atoms with E-state index in [1.54, 1.807) is 0 Å². The molecule has 8 N–H and O–H groups in total. The Labute approximate surface area is 103 Å². The zero-order valence-corrected chi connectivity index (χ0v) is 10.4. The van der Waals surface area contributed by atoms with E-state index < -0.39 is 25.9 Å². The van der Waals surface area contributed by atoms with Crippen LogP contribution in [0.4, 0.5) is 0 Å². The standard InChI is InChI=1S/C7H17N4O6P/c8-7(9)10-3-1-2-5(6(12)13)11(14)4-18(15,16)17/h5,14H,1-4H2,(H,12,13)(H4,8,9,10)(H2,15,16,17)/t5-/m0/s1. The zero-order chi connectivity index (χ0) is 14.3. The molecule has 0 fully saturated rings. The van der Waals surface area contributed by atoms with Crippen molar-refractivity contribution < 1.29 is 29.5 Å². The van der Waals surface area contributed by atoms with Gasteiger partial charge in [-0.2, -0.15) is 5.06 Å². The van der Waals surface area contributed by atoms with E-state index in [2.05, 4.69) is 5.32 Å². The molecule has 0 aliphatic carbocycles. The molecule has 18 heavy (non-hydrogen) atoms. The fraction of sp³-hybridized carbons (Fsp3) is 0.714. The summed E-state index contributed by atoms with van der Waals surface area (Å²) >= 11 is 0. The Balaban J connectivity index is 4.26. The fourth-order valence-electron chi connectivity index (χ4n) is 1.21. The van der Waals surface area contributed by atoms with Gasteiger partial charge < -0.3 is 31.2 Å². The third-order valence-corrected chi connectivity index (χ3v) is 2.60. The third-order valence-electron chi connectivity index (χ3n) is 1.94. The Morgan fingerprint density at radius 3 is 2.44 bits per heavy atom. The van der Waals surface area contributed by atoms with Crippen molar-refractivity contribution in [3.05, 3.63) is 0 Å². The molecule has 0 spiro atoms. The van der Waals surface area contributed by atoms with E-state index in [9.17, 15) is 14.6 Å². The molecule has 0 aromatic heterocycles. The van der Waals surface area contributed by atoms with Gasteiger partial charge in [-0.1, -0.05) is 0 Å². The number of hydrogen-bond donors (Lipinski definition) is 7. The van der Waals surface area contributed by atoms with Gasteiger partial charge in [0.15, 0.2) is 5.96 Å². The first-order valence-electron chi connectivity index (χ1n) is 4.94. The molecule has 0 aromatic rings. The van der Waals surface area contributed by atoms with Crippen LogP contribution in [0.25, 0.3) is 0 Å². The Morgan fingerprint density at radius 1 is 1.50 bits per heavy atom. The molecule has 0 aromatic carbocycles. The first kappa shape index (κ1) is 16.8. The summed E-state index contributed by atoms with van der Waals surface area (Å²) in [5.74, 6) is -1.66. The summed E-state index contributed by atoms with van der Waals surface area (Å²) in [4.78, 5) is 28.1. The first-order valence-corrected chi connectivity index (χ1v) is 6.74. The number of nitrogens with zero attached hydrogens (tertiary/aromatic N) is 1. The molecule has 0 aliphatic heterocycles. The van der Waals surface area contributed by atoms with Crippen molar-refractivity contribution in [2.45, 2.75) is 18.9 Å². The smallest absolute Gasteiger partial charge is 0.341 e. The predicted molar refractivity (Wildman–Crippen MR) is 61.1 cm³/mol. The van der Waals surface area contributed by atoms with Crippen molar-refractivity contribution in [1.82, 2.24) is 10.4 Å². The zero-order valence-electron chi connectivity index (χ0n) is 9.48. The molecule has 0 saturated carbocycles. The SMILES string of the molecule is N=C(N)NCCC[C@@H](C(=O)O)N(O)CP(=O)(O)O. The Kier molecular flexibility index (Phi) is 6.81. The van der Waals surface area contributed by atoms with Crippen LogP contribution in [0.5, 0.6) is 0 Å². The van der Waals surface area contributed by atoms with Gasteiger partial charge in [0.1, 0.15) is 12.3 Å². The maximum absolute atomic E-state index is 10.8. The van der Waals surface area contributed by atoms with Gasteiger partial charge in [0.2, 0.25) is 0 Å². The van der Waals surface area contributed by atoms with Crippen molar-refractivity contribution in [2.75, 3.05) is 12.8 Å². The van der Waals surface area contributed by atoms with Gasteiger partial charge in [-0.05, 0) is 12.8 Å². The molecular formula is C7H17N4O6P. The minimum atomic E-state index is -4.53. The van der Waals surface area contributed by atoms with Crippen LogP contribution in [0.1, 0.15) is 12.8 Å². The number of rotatable bonds is 8.